The summed E-state index contributed by atoms with van der Waals surface area (Å²) in [4.78, 5) is 26.1. The van der Waals surface area contributed by atoms with Gasteiger partial charge in [-0.15, -0.1) is 0 Å². The minimum absolute atomic E-state index is 0.0152. The van der Waals surface area contributed by atoms with Gasteiger partial charge in [0.15, 0.2) is 5.76 Å². The van der Waals surface area contributed by atoms with Gasteiger partial charge in [0.05, 0.1) is 0 Å². The molecule has 2 amide bonds. The van der Waals surface area contributed by atoms with Gasteiger partial charge in [0.1, 0.15) is 5.76 Å². The summed E-state index contributed by atoms with van der Waals surface area (Å²) in [5, 5.41) is 4.85. The van der Waals surface area contributed by atoms with Crippen molar-refractivity contribution >= 4 is 17.5 Å². The van der Waals surface area contributed by atoms with Gasteiger partial charge in [0.2, 0.25) is 0 Å². The minimum atomic E-state index is -4.97. The van der Waals surface area contributed by atoms with Crippen LogP contribution in [0.25, 0.3) is 11.3 Å². The zero-order valence-electron chi connectivity index (χ0n) is 16.3. The number of benzene rings is 1. The summed E-state index contributed by atoms with van der Waals surface area (Å²) in [7, 11) is 0. The van der Waals surface area contributed by atoms with Crippen LogP contribution in [0.1, 0.15) is 30.3 Å². The van der Waals surface area contributed by atoms with E-state index in [-0.39, 0.29) is 23.4 Å². The van der Waals surface area contributed by atoms with Crippen molar-refractivity contribution in [3.05, 3.63) is 42.2 Å². The highest BCUT2D eigenvalue weighted by atomic mass is 19.4. The van der Waals surface area contributed by atoms with E-state index in [1.807, 2.05) is 0 Å². The van der Waals surface area contributed by atoms with Gasteiger partial charge in [-0.1, -0.05) is 12.1 Å². The fraction of sp³-hybridized carbons (Fsp3) is 0.429. The van der Waals surface area contributed by atoms with Crippen LogP contribution in [-0.2, 0) is 4.79 Å². The van der Waals surface area contributed by atoms with Gasteiger partial charge in [-0.2, -0.15) is 13.2 Å². The second-order valence-corrected chi connectivity index (χ2v) is 7.90. The van der Waals surface area contributed by atoms with Crippen LogP contribution >= 0.6 is 0 Å². The standard InChI is InChI=1S/C21H22F3N3O3/c1-12-9-13-7-8-27(12)11-16(13)26-19(28)18-6-5-17(30-18)14-3-2-4-15(10-14)25-20(29)21(22,23)24/h2-6,10,12-13,16H,7-9,11H2,1H3,(H,25,29)(H,26,28)/t12?,13?,16-/m0/s1. The molecule has 2 bridgehead atoms. The molecule has 0 spiro atoms. The van der Waals surface area contributed by atoms with Crippen LogP contribution in [0.3, 0.4) is 0 Å². The molecule has 4 atom stereocenters. The fourth-order valence-electron chi connectivity index (χ4n) is 4.27. The minimum Gasteiger partial charge on any atom is -0.451 e. The Balaban J connectivity index is 1.43. The van der Waals surface area contributed by atoms with Crippen molar-refractivity contribution in [2.24, 2.45) is 5.92 Å². The largest absolute Gasteiger partial charge is 0.471 e. The summed E-state index contributed by atoms with van der Waals surface area (Å²) in [6, 6.07) is 9.57. The Morgan fingerprint density at radius 1 is 1.20 bits per heavy atom. The third-order valence-corrected chi connectivity index (χ3v) is 5.86. The molecule has 5 rings (SSSR count). The first-order valence-corrected chi connectivity index (χ1v) is 9.84. The molecule has 0 radical (unpaired) electrons. The van der Waals surface area contributed by atoms with Gasteiger partial charge in [0, 0.05) is 29.9 Å². The van der Waals surface area contributed by atoms with Crippen LogP contribution in [0.4, 0.5) is 18.9 Å². The van der Waals surface area contributed by atoms with Crippen LogP contribution in [0.2, 0.25) is 0 Å². The summed E-state index contributed by atoms with van der Waals surface area (Å²) in [5.74, 6) is -1.44. The first-order valence-electron chi connectivity index (χ1n) is 9.84. The molecule has 4 heterocycles. The van der Waals surface area contributed by atoms with Crippen molar-refractivity contribution < 1.29 is 27.2 Å². The van der Waals surface area contributed by atoms with Gasteiger partial charge in [-0.25, -0.2) is 0 Å². The molecular weight excluding hydrogens is 399 g/mol. The topological polar surface area (TPSA) is 74.6 Å². The van der Waals surface area contributed by atoms with Crippen LogP contribution in [0.5, 0.6) is 0 Å². The summed E-state index contributed by atoms with van der Waals surface area (Å²) in [6.45, 7) is 4.09. The maximum absolute atomic E-state index is 12.6. The number of halogens is 3. The molecule has 6 nitrogen and oxygen atoms in total. The van der Waals surface area contributed by atoms with Crippen LogP contribution in [-0.4, -0.2) is 48.1 Å². The number of anilines is 1. The number of amides is 2. The number of carbonyl (C=O) groups excluding carboxylic acids is 2. The lowest BCUT2D eigenvalue weighted by atomic mass is 9.80. The van der Waals surface area contributed by atoms with Gasteiger partial charge >= 0.3 is 12.1 Å². The van der Waals surface area contributed by atoms with Crippen molar-refractivity contribution in [2.75, 3.05) is 18.4 Å². The van der Waals surface area contributed by atoms with Crippen LogP contribution in [0, 0.1) is 5.92 Å². The number of nitrogens with zero attached hydrogens (tertiary/aromatic N) is 1. The summed E-state index contributed by atoms with van der Waals surface area (Å²) >= 11 is 0. The smallest absolute Gasteiger partial charge is 0.451 e. The third kappa shape index (κ3) is 4.21. The zero-order chi connectivity index (χ0) is 21.5. The third-order valence-electron chi connectivity index (χ3n) is 5.86. The highest BCUT2D eigenvalue weighted by Crippen LogP contribution is 2.32. The summed E-state index contributed by atoms with van der Waals surface area (Å²) in [5.41, 5.74) is 0.435. The molecule has 3 aliphatic heterocycles. The van der Waals surface area contributed by atoms with E-state index >= 15 is 0 Å². The maximum Gasteiger partial charge on any atom is 0.471 e. The Morgan fingerprint density at radius 2 is 2.00 bits per heavy atom. The molecule has 3 saturated heterocycles. The predicted octanol–water partition coefficient (Wildman–Crippen LogP) is 3.66. The molecule has 0 saturated carbocycles. The molecule has 2 N–H and O–H groups in total. The van der Waals surface area contributed by atoms with E-state index in [1.165, 1.54) is 24.3 Å². The Hall–Kier alpha value is -2.81. The monoisotopic (exact) mass is 421 g/mol. The molecule has 30 heavy (non-hydrogen) atoms. The van der Waals surface area contributed by atoms with Crippen molar-refractivity contribution in [3.63, 3.8) is 0 Å². The van der Waals surface area contributed by atoms with Gasteiger partial charge in [0.25, 0.3) is 5.91 Å². The average Bonchev–Trinajstić information content (AvgIpc) is 3.19. The lowest BCUT2D eigenvalue weighted by Crippen LogP contribution is -2.60. The van der Waals surface area contributed by atoms with Crippen molar-refractivity contribution in [1.29, 1.82) is 0 Å². The molecule has 3 aliphatic rings. The van der Waals surface area contributed by atoms with E-state index in [9.17, 15) is 22.8 Å². The number of hydrogen-bond acceptors (Lipinski definition) is 4. The highest BCUT2D eigenvalue weighted by Gasteiger charge is 2.39. The van der Waals surface area contributed by atoms with E-state index in [2.05, 4.69) is 17.1 Å². The van der Waals surface area contributed by atoms with E-state index in [1.54, 1.807) is 17.4 Å². The molecular formula is C21H22F3N3O3. The van der Waals surface area contributed by atoms with E-state index < -0.39 is 12.1 Å². The SMILES string of the molecule is CC1CC2CCN1C[C@@H]2NC(=O)c1ccc(-c2cccc(NC(=O)C(F)(F)F)c2)o1. The molecule has 0 aliphatic carbocycles. The van der Waals surface area contributed by atoms with Crippen molar-refractivity contribution in [1.82, 2.24) is 10.2 Å². The Morgan fingerprint density at radius 3 is 2.67 bits per heavy atom. The predicted molar refractivity (Wildman–Crippen MR) is 104 cm³/mol. The molecule has 3 fully saturated rings. The zero-order valence-corrected chi connectivity index (χ0v) is 16.3. The number of hydrogen-bond donors (Lipinski definition) is 2. The maximum atomic E-state index is 12.6. The molecule has 1 aromatic heterocycles. The number of piperidine rings is 3. The number of alkyl halides is 3. The van der Waals surface area contributed by atoms with Gasteiger partial charge in [-0.05, 0) is 56.5 Å². The lowest BCUT2D eigenvalue weighted by molar-refractivity contribution is -0.167. The van der Waals surface area contributed by atoms with Gasteiger partial charge < -0.3 is 15.1 Å². The van der Waals surface area contributed by atoms with Crippen LogP contribution < -0.4 is 10.6 Å². The van der Waals surface area contributed by atoms with E-state index in [4.69, 9.17) is 4.42 Å². The molecule has 2 aromatic rings. The second-order valence-electron chi connectivity index (χ2n) is 7.90. The fourth-order valence-corrected chi connectivity index (χ4v) is 4.27. The normalized spacial score (nSPS) is 25.7. The Bertz CT molecular complexity index is 956. The van der Waals surface area contributed by atoms with E-state index in [0.717, 1.165) is 25.9 Å². The molecule has 9 heteroatoms. The highest BCUT2D eigenvalue weighted by molar-refractivity contribution is 5.95. The van der Waals surface area contributed by atoms with Crippen LogP contribution in [0.15, 0.2) is 40.8 Å². The quantitative estimate of drug-likeness (QED) is 0.790. The number of carbonyl (C=O) groups is 2. The van der Waals surface area contributed by atoms with Crippen molar-refractivity contribution in [3.8, 4) is 11.3 Å². The van der Waals surface area contributed by atoms with E-state index in [0.29, 0.717) is 23.3 Å². The number of nitrogens with one attached hydrogen (secondary N) is 2. The van der Waals surface area contributed by atoms with Crippen molar-refractivity contribution in [2.45, 2.75) is 38.0 Å². The number of fused-ring (bicyclic) bond motifs is 3. The Labute approximate surface area is 171 Å². The molecule has 3 unspecified atom stereocenters. The summed E-state index contributed by atoms with van der Waals surface area (Å²) in [6.07, 6.45) is -2.85. The van der Waals surface area contributed by atoms with Gasteiger partial charge in [-0.3, -0.25) is 14.5 Å². The first-order chi connectivity index (χ1) is 14.2. The lowest BCUT2D eigenvalue weighted by Gasteiger charge is -2.48. The second kappa shape index (κ2) is 7.79. The number of rotatable bonds is 4. The molecule has 160 valence electrons. The summed E-state index contributed by atoms with van der Waals surface area (Å²) < 4.78 is 43.0. The Kier molecular flexibility index (Phi) is 5.31. The average molecular weight is 421 g/mol. The number of furan rings is 1. The first kappa shape index (κ1) is 20.5. The molecule has 1 aromatic carbocycles.